The molecule has 14 nitrogen and oxygen atoms in total. The predicted octanol–water partition coefficient (Wildman–Crippen LogP) is 6.13. The maximum absolute atomic E-state index is 16.1. The van der Waals surface area contributed by atoms with Gasteiger partial charge in [0.1, 0.15) is 29.3 Å². The summed E-state index contributed by atoms with van der Waals surface area (Å²) in [6.45, 7) is 6.01. The molecule has 19 heteroatoms. The Morgan fingerprint density at radius 2 is 1.64 bits per heavy atom. The number of carbonyl (C=O) groups excluding carboxylic acids is 6. The number of imide groups is 2. The van der Waals surface area contributed by atoms with Gasteiger partial charge in [-0.1, -0.05) is 6.07 Å². The van der Waals surface area contributed by atoms with Crippen LogP contribution in [-0.4, -0.2) is 101 Å². The summed E-state index contributed by atoms with van der Waals surface area (Å²) < 4.78 is 64.0. The third kappa shape index (κ3) is 8.07. The number of hydrogen-bond acceptors (Lipinski definition) is 11. The van der Waals surface area contributed by atoms with E-state index < -0.39 is 76.3 Å². The number of anilines is 2. The largest absolute Gasteiger partial charge is 0.494 e. The first kappa shape index (κ1) is 44.0. The van der Waals surface area contributed by atoms with Gasteiger partial charge in [-0.05, 0) is 106 Å². The summed E-state index contributed by atoms with van der Waals surface area (Å²) in [6, 6.07) is 15.7. The molecule has 1 N–H and O–H groups in total. The van der Waals surface area contributed by atoms with Crippen molar-refractivity contribution in [2.24, 2.45) is 0 Å². The molecule has 2 atom stereocenters. The Balaban J connectivity index is 0.862. The lowest BCUT2D eigenvalue weighted by molar-refractivity contribution is -0.138. The Morgan fingerprint density at radius 3 is 2.31 bits per heavy atom. The zero-order valence-corrected chi connectivity index (χ0v) is 35.4. The number of nitriles is 1. The number of nitrogens with one attached hydrogen (secondary N) is 1. The molecule has 8 rings (SSSR count). The molecule has 4 aromatic rings. The van der Waals surface area contributed by atoms with Gasteiger partial charge in [0.15, 0.2) is 0 Å². The van der Waals surface area contributed by atoms with Crippen molar-refractivity contribution >= 4 is 58.2 Å². The smallest absolute Gasteiger partial charge is 0.417 e. The molecule has 2 unspecified atom stereocenters. The van der Waals surface area contributed by atoms with Crippen molar-refractivity contribution in [3.8, 4) is 11.8 Å². The first-order valence-electron chi connectivity index (χ1n) is 20.6. The molecule has 0 bridgehead atoms. The van der Waals surface area contributed by atoms with E-state index in [0.29, 0.717) is 56.4 Å². The van der Waals surface area contributed by atoms with Crippen LogP contribution in [0.1, 0.15) is 92.8 Å². The number of halogens is 4. The summed E-state index contributed by atoms with van der Waals surface area (Å²) in [5, 5.41) is 13.3. The first-order valence-corrected chi connectivity index (χ1v) is 21.4. The second kappa shape index (κ2) is 17.1. The van der Waals surface area contributed by atoms with E-state index in [1.165, 1.54) is 52.6 Å². The van der Waals surface area contributed by atoms with Crippen molar-refractivity contribution in [1.29, 1.82) is 5.26 Å². The van der Waals surface area contributed by atoms with Crippen LogP contribution in [0.4, 0.5) is 28.9 Å². The minimum Gasteiger partial charge on any atom is -0.494 e. The normalized spacial score (nSPS) is 20.2. The number of piperidine rings is 1. The van der Waals surface area contributed by atoms with Gasteiger partial charge in [-0.3, -0.25) is 48.8 Å². The number of nitrogens with zero attached hydrogens (tertiary/aromatic N) is 6. The highest BCUT2D eigenvalue weighted by Crippen LogP contribution is 2.48. The first-order chi connectivity index (χ1) is 30.5. The SMILES string of the molecule is CC1(C)C(=O)N(c2ccc(C#N)c(C(F)(F)F)c2)C(c2cccs2)N1c1ccc(C(=O)N2CCN(CCCCOc3ccc4c(c3)C(=O)N(C3CCC(=O)NC3=O)C4=O)CC2)c(F)c1. The van der Waals surface area contributed by atoms with E-state index in [4.69, 9.17) is 4.74 Å². The van der Waals surface area contributed by atoms with Crippen LogP contribution in [0.5, 0.6) is 5.75 Å². The van der Waals surface area contributed by atoms with Crippen LogP contribution >= 0.6 is 11.3 Å². The highest BCUT2D eigenvalue weighted by atomic mass is 32.1. The highest BCUT2D eigenvalue weighted by Gasteiger charge is 2.54. The van der Waals surface area contributed by atoms with Gasteiger partial charge in [0, 0.05) is 48.9 Å². The minimum atomic E-state index is -4.86. The fraction of sp³-hybridized carbons (Fsp3) is 0.356. The number of thiophene rings is 1. The molecule has 5 heterocycles. The summed E-state index contributed by atoms with van der Waals surface area (Å²) >= 11 is 1.27. The van der Waals surface area contributed by atoms with Gasteiger partial charge in [0.25, 0.3) is 23.6 Å². The van der Waals surface area contributed by atoms with E-state index in [-0.39, 0.29) is 40.9 Å². The van der Waals surface area contributed by atoms with Crippen molar-refractivity contribution in [3.05, 3.63) is 111 Å². The van der Waals surface area contributed by atoms with E-state index in [0.717, 1.165) is 23.5 Å². The van der Waals surface area contributed by atoms with E-state index >= 15 is 4.39 Å². The van der Waals surface area contributed by atoms with Gasteiger partial charge in [-0.2, -0.15) is 18.4 Å². The summed E-state index contributed by atoms with van der Waals surface area (Å²) in [4.78, 5) is 85.9. The third-order valence-corrected chi connectivity index (χ3v) is 12.9. The molecule has 332 valence electrons. The predicted molar refractivity (Wildman–Crippen MR) is 224 cm³/mol. The van der Waals surface area contributed by atoms with Crippen molar-refractivity contribution in [2.75, 3.05) is 49.1 Å². The molecule has 64 heavy (non-hydrogen) atoms. The van der Waals surface area contributed by atoms with Crippen LogP contribution < -0.4 is 19.9 Å². The number of ether oxygens (including phenoxy) is 1. The molecule has 0 aliphatic carbocycles. The zero-order valence-electron chi connectivity index (χ0n) is 34.6. The van der Waals surface area contributed by atoms with Crippen LogP contribution in [0.25, 0.3) is 0 Å². The molecule has 4 aliphatic heterocycles. The number of piperazine rings is 1. The topological polar surface area (TPSA) is 164 Å². The molecular formula is C45H41F4N7O7S. The van der Waals surface area contributed by atoms with E-state index in [9.17, 15) is 47.2 Å². The molecule has 0 radical (unpaired) electrons. The minimum absolute atomic E-state index is 0.0261. The number of rotatable bonds is 11. The average Bonchev–Trinajstić information content (AvgIpc) is 3.94. The zero-order chi connectivity index (χ0) is 45.7. The van der Waals surface area contributed by atoms with Gasteiger partial charge >= 0.3 is 6.18 Å². The fourth-order valence-electron chi connectivity index (χ4n) is 8.70. The van der Waals surface area contributed by atoms with Crippen LogP contribution in [0.3, 0.4) is 0 Å². The number of carbonyl (C=O) groups is 6. The monoisotopic (exact) mass is 899 g/mol. The van der Waals surface area contributed by atoms with Crippen LogP contribution in [0.15, 0.2) is 72.1 Å². The van der Waals surface area contributed by atoms with Gasteiger partial charge < -0.3 is 14.5 Å². The van der Waals surface area contributed by atoms with Gasteiger partial charge in [0.2, 0.25) is 11.8 Å². The summed E-state index contributed by atoms with van der Waals surface area (Å²) in [6.07, 6.45) is -4.33. The maximum Gasteiger partial charge on any atom is 0.417 e. The Labute approximate surface area is 368 Å². The Bertz CT molecular complexity index is 2610. The number of amides is 6. The molecule has 4 aliphatic rings. The summed E-state index contributed by atoms with van der Waals surface area (Å²) in [5.41, 5.74) is -2.86. The molecular weight excluding hydrogens is 859 g/mol. The lowest BCUT2D eigenvalue weighted by Crippen LogP contribution is -2.54. The second-order valence-electron chi connectivity index (χ2n) is 16.3. The van der Waals surface area contributed by atoms with Crippen LogP contribution in [-0.2, 0) is 20.6 Å². The maximum atomic E-state index is 16.1. The standard InChI is InChI=1S/C45H41F4N7O7S/c1-44(2)43(62)54(27-8-7-26(25-50)33(22-27)45(47,48)49)39(36-6-5-21-64-36)56(44)28-9-11-31(34(46)23-28)40(59)53-18-16-52(17-19-53)15-3-4-20-63-29-10-12-30-32(24-29)42(61)55(41(30)60)35-13-14-37(57)51-38(35)58/h5-12,21-24,35,39H,3-4,13-20H2,1-2H3,(H,51,57,58). The summed E-state index contributed by atoms with van der Waals surface area (Å²) in [7, 11) is 0. The molecule has 3 saturated heterocycles. The molecule has 1 aromatic heterocycles. The number of hydrogen-bond donors (Lipinski definition) is 1. The van der Waals surface area contributed by atoms with Crippen molar-refractivity contribution in [3.63, 3.8) is 0 Å². The molecule has 0 spiro atoms. The fourth-order valence-corrected chi connectivity index (χ4v) is 9.50. The van der Waals surface area contributed by atoms with Gasteiger partial charge in [-0.15, -0.1) is 11.3 Å². The Hall–Kier alpha value is -6.65. The number of benzene rings is 3. The highest BCUT2D eigenvalue weighted by molar-refractivity contribution is 7.10. The van der Waals surface area contributed by atoms with Crippen molar-refractivity contribution < 1.29 is 51.1 Å². The number of unbranched alkanes of at least 4 members (excludes halogenated alkanes) is 1. The van der Waals surface area contributed by atoms with Crippen molar-refractivity contribution in [2.45, 2.75) is 63.5 Å². The molecule has 3 fully saturated rings. The number of alkyl halides is 3. The second-order valence-corrected chi connectivity index (χ2v) is 17.3. The van der Waals surface area contributed by atoms with E-state index in [2.05, 4.69) is 10.2 Å². The molecule has 3 aromatic carbocycles. The van der Waals surface area contributed by atoms with Crippen molar-refractivity contribution in [1.82, 2.24) is 20.0 Å². The van der Waals surface area contributed by atoms with Crippen LogP contribution in [0.2, 0.25) is 0 Å². The quantitative estimate of drug-likeness (QED) is 0.105. The Kier molecular flexibility index (Phi) is 11.8. The molecule has 6 amide bonds. The van der Waals surface area contributed by atoms with E-state index in [1.807, 2.05) is 0 Å². The van der Waals surface area contributed by atoms with E-state index in [1.54, 1.807) is 53.3 Å². The Morgan fingerprint density at radius 1 is 0.906 bits per heavy atom. The third-order valence-electron chi connectivity index (χ3n) is 12.0. The summed E-state index contributed by atoms with van der Waals surface area (Å²) in [5.74, 6) is -3.82. The van der Waals surface area contributed by atoms with Gasteiger partial charge in [0.05, 0.1) is 40.5 Å². The lowest BCUT2D eigenvalue weighted by Gasteiger charge is -2.36. The number of fused-ring (bicyclic) bond motifs is 1. The van der Waals surface area contributed by atoms with Crippen LogP contribution in [0, 0.1) is 17.1 Å². The van der Waals surface area contributed by atoms with Gasteiger partial charge in [-0.25, -0.2) is 4.39 Å². The molecule has 0 saturated carbocycles. The average molecular weight is 900 g/mol. The lowest BCUT2D eigenvalue weighted by atomic mass is 10.0.